The number of aryl methyl sites for hydroxylation is 1. The molecule has 5 rings (SSSR count). The average Bonchev–Trinajstić information content (AvgIpc) is 3.19. The van der Waals surface area contributed by atoms with Crippen molar-refractivity contribution in [3.63, 3.8) is 0 Å². The van der Waals surface area contributed by atoms with Gasteiger partial charge in [0, 0.05) is 49.5 Å². The number of benzene rings is 1. The van der Waals surface area contributed by atoms with Crippen LogP contribution in [-0.2, 0) is 6.42 Å². The Balaban J connectivity index is 1.38. The highest BCUT2D eigenvalue weighted by Gasteiger charge is 2.34. The molecule has 32 heavy (non-hydrogen) atoms. The standard InChI is InChI=1S/C24H26ClN5O2/c1-15-4-5-16(25)10-19(15)28-6-8-29(9-7-28)23(32)18-14-27-30-20-11-24(2,3)12-21(31)17(20)13-26-22(18)30/h4-5,10,13-14H,6-9,11-12H2,1-3H3. The number of aromatic nitrogens is 3. The predicted octanol–water partition coefficient (Wildman–Crippen LogP) is 3.81. The summed E-state index contributed by atoms with van der Waals surface area (Å²) in [5.41, 5.74) is 4.61. The Morgan fingerprint density at radius 3 is 2.59 bits per heavy atom. The fourth-order valence-corrected chi connectivity index (χ4v) is 4.99. The summed E-state index contributed by atoms with van der Waals surface area (Å²) in [4.78, 5) is 34.5. The number of piperazine rings is 1. The van der Waals surface area contributed by atoms with Crippen LogP contribution in [0.2, 0.25) is 5.02 Å². The molecule has 0 N–H and O–H groups in total. The monoisotopic (exact) mass is 451 g/mol. The molecule has 2 aromatic heterocycles. The van der Waals surface area contributed by atoms with Crippen molar-refractivity contribution in [3.05, 3.63) is 58.0 Å². The van der Waals surface area contributed by atoms with E-state index in [1.54, 1.807) is 16.9 Å². The van der Waals surface area contributed by atoms with E-state index < -0.39 is 0 Å². The van der Waals surface area contributed by atoms with Crippen molar-refractivity contribution in [1.82, 2.24) is 19.5 Å². The number of halogens is 1. The number of ketones is 1. The molecule has 0 atom stereocenters. The fourth-order valence-electron chi connectivity index (χ4n) is 4.82. The smallest absolute Gasteiger partial charge is 0.259 e. The molecule has 0 saturated carbocycles. The molecule has 1 amide bonds. The number of Topliss-reactive ketones (excluding diaryl/α,β-unsaturated/α-hetero) is 1. The summed E-state index contributed by atoms with van der Waals surface area (Å²) in [5, 5.41) is 5.18. The molecule has 1 fully saturated rings. The summed E-state index contributed by atoms with van der Waals surface area (Å²) < 4.78 is 1.69. The van der Waals surface area contributed by atoms with Gasteiger partial charge in [0.2, 0.25) is 0 Å². The zero-order valence-corrected chi connectivity index (χ0v) is 19.3. The third-order valence-electron chi connectivity index (χ3n) is 6.52. The number of anilines is 1. The van der Waals surface area contributed by atoms with Gasteiger partial charge in [-0.25, -0.2) is 9.50 Å². The van der Waals surface area contributed by atoms with Crippen LogP contribution in [0.1, 0.15) is 52.2 Å². The number of carbonyl (C=O) groups is 2. The Bertz CT molecular complexity index is 1240. The maximum absolute atomic E-state index is 13.3. The highest BCUT2D eigenvalue weighted by Crippen LogP contribution is 2.35. The van der Waals surface area contributed by atoms with Crippen LogP contribution in [0.25, 0.3) is 5.65 Å². The van der Waals surface area contributed by atoms with Crippen molar-refractivity contribution >= 4 is 34.6 Å². The summed E-state index contributed by atoms with van der Waals surface area (Å²) in [6.07, 6.45) is 4.42. The topological polar surface area (TPSA) is 70.8 Å². The van der Waals surface area contributed by atoms with Gasteiger partial charge in [0.25, 0.3) is 5.91 Å². The van der Waals surface area contributed by atoms with E-state index >= 15 is 0 Å². The molecule has 0 spiro atoms. The molecule has 1 aliphatic heterocycles. The lowest BCUT2D eigenvalue weighted by atomic mass is 9.76. The minimum atomic E-state index is -0.136. The maximum Gasteiger partial charge on any atom is 0.259 e. The van der Waals surface area contributed by atoms with Crippen LogP contribution in [-0.4, -0.2) is 57.4 Å². The van der Waals surface area contributed by atoms with Gasteiger partial charge in [0.05, 0.1) is 17.5 Å². The van der Waals surface area contributed by atoms with Crippen molar-refractivity contribution in [2.75, 3.05) is 31.1 Å². The quantitative estimate of drug-likeness (QED) is 0.592. The van der Waals surface area contributed by atoms with Crippen LogP contribution >= 0.6 is 11.6 Å². The van der Waals surface area contributed by atoms with E-state index in [0.29, 0.717) is 41.3 Å². The minimum Gasteiger partial charge on any atom is -0.368 e. The second kappa shape index (κ2) is 7.59. The number of rotatable bonds is 2. The lowest BCUT2D eigenvalue weighted by molar-refractivity contribution is 0.0748. The van der Waals surface area contributed by atoms with Gasteiger partial charge in [0.1, 0.15) is 5.56 Å². The molecule has 1 saturated heterocycles. The first kappa shape index (κ1) is 20.9. The van der Waals surface area contributed by atoms with Crippen LogP contribution in [0.5, 0.6) is 0 Å². The number of hydrogen-bond donors (Lipinski definition) is 0. The first-order chi connectivity index (χ1) is 15.2. The maximum atomic E-state index is 13.3. The number of carbonyl (C=O) groups excluding carboxylic acids is 2. The van der Waals surface area contributed by atoms with Crippen molar-refractivity contribution in [3.8, 4) is 0 Å². The van der Waals surface area contributed by atoms with E-state index in [0.717, 1.165) is 30.9 Å². The van der Waals surface area contributed by atoms with Gasteiger partial charge in [-0.2, -0.15) is 5.10 Å². The second-order valence-electron chi connectivity index (χ2n) is 9.56. The summed E-state index contributed by atoms with van der Waals surface area (Å²) in [6.45, 7) is 8.92. The van der Waals surface area contributed by atoms with Crippen molar-refractivity contribution in [1.29, 1.82) is 0 Å². The van der Waals surface area contributed by atoms with Crippen molar-refractivity contribution < 1.29 is 9.59 Å². The number of nitrogens with zero attached hydrogens (tertiary/aromatic N) is 5. The zero-order chi connectivity index (χ0) is 22.6. The molecule has 0 radical (unpaired) electrons. The molecule has 8 heteroatoms. The van der Waals surface area contributed by atoms with Crippen LogP contribution in [0.4, 0.5) is 5.69 Å². The predicted molar refractivity (Wildman–Crippen MR) is 124 cm³/mol. The number of fused-ring (bicyclic) bond motifs is 3. The van der Waals surface area contributed by atoms with E-state index in [4.69, 9.17) is 11.6 Å². The minimum absolute atomic E-state index is 0.0729. The molecule has 0 unspecified atom stereocenters. The molecule has 166 valence electrons. The third-order valence-corrected chi connectivity index (χ3v) is 6.76. The average molecular weight is 452 g/mol. The van der Waals surface area contributed by atoms with E-state index in [1.165, 1.54) is 5.56 Å². The van der Waals surface area contributed by atoms with Crippen molar-refractivity contribution in [2.24, 2.45) is 5.41 Å². The van der Waals surface area contributed by atoms with Gasteiger partial charge in [-0.05, 0) is 36.5 Å². The number of hydrogen-bond acceptors (Lipinski definition) is 5. The van der Waals surface area contributed by atoms with Gasteiger partial charge in [-0.1, -0.05) is 31.5 Å². The Hall–Kier alpha value is -2.93. The Kier molecular flexibility index (Phi) is 4.97. The highest BCUT2D eigenvalue weighted by molar-refractivity contribution is 6.30. The van der Waals surface area contributed by atoms with E-state index in [1.807, 2.05) is 23.1 Å². The van der Waals surface area contributed by atoms with Crippen LogP contribution in [0, 0.1) is 12.3 Å². The van der Waals surface area contributed by atoms with Gasteiger partial charge >= 0.3 is 0 Å². The molecule has 2 aliphatic rings. The molecule has 1 aromatic carbocycles. The summed E-state index contributed by atoms with van der Waals surface area (Å²) >= 11 is 6.19. The lowest BCUT2D eigenvalue weighted by Gasteiger charge is -2.36. The van der Waals surface area contributed by atoms with Gasteiger partial charge in [-0.15, -0.1) is 0 Å². The largest absolute Gasteiger partial charge is 0.368 e. The van der Waals surface area contributed by atoms with E-state index in [9.17, 15) is 9.59 Å². The summed E-state index contributed by atoms with van der Waals surface area (Å²) in [5.74, 6) is 0.0118. The normalized spacial score (nSPS) is 18.2. The van der Waals surface area contributed by atoms with Crippen LogP contribution in [0.3, 0.4) is 0 Å². The molecule has 1 aliphatic carbocycles. The fraction of sp³-hybridized carbons (Fsp3) is 0.417. The Morgan fingerprint density at radius 1 is 1.09 bits per heavy atom. The molecule has 0 bridgehead atoms. The second-order valence-corrected chi connectivity index (χ2v) is 10.00. The molecule has 3 heterocycles. The van der Waals surface area contributed by atoms with Gasteiger partial charge in [-0.3, -0.25) is 9.59 Å². The summed E-state index contributed by atoms with van der Waals surface area (Å²) in [6, 6.07) is 5.90. The Morgan fingerprint density at radius 2 is 1.84 bits per heavy atom. The van der Waals surface area contributed by atoms with Crippen LogP contribution < -0.4 is 4.90 Å². The molecule has 3 aromatic rings. The zero-order valence-electron chi connectivity index (χ0n) is 18.6. The molecular weight excluding hydrogens is 426 g/mol. The number of amides is 1. The van der Waals surface area contributed by atoms with Crippen LogP contribution in [0.15, 0.2) is 30.6 Å². The van der Waals surface area contributed by atoms with E-state index in [-0.39, 0.29) is 17.1 Å². The van der Waals surface area contributed by atoms with Gasteiger partial charge in [0.15, 0.2) is 11.4 Å². The molecule has 7 nitrogen and oxygen atoms in total. The third kappa shape index (κ3) is 3.54. The SMILES string of the molecule is Cc1ccc(Cl)cc1N1CCN(C(=O)c2cnn3c4c(cnc23)C(=O)CC(C)(C)C4)CC1. The summed E-state index contributed by atoms with van der Waals surface area (Å²) in [7, 11) is 0. The Labute approximate surface area is 192 Å². The first-order valence-corrected chi connectivity index (χ1v) is 11.3. The molecular formula is C24H26ClN5O2. The van der Waals surface area contributed by atoms with Gasteiger partial charge < -0.3 is 9.80 Å². The highest BCUT2D eigenvalue weighted by atomic mass is 35.5. The lowest BCUT2D eigenvalue weighted by Crippen LogP contribution is -2.49. The van der Waals surface area contributed by atoms with Crippen molar-refractivity contribution in [2.45, 2.75) is 33.6 Å². The van der Waals surface area contributed by atoms with E-state index in [2.05, 4.69) is 35.8 Å². The first-order valence-electron chi connectivity index (χ1n) is 10.9.